The maximum Gasteiger partial charge on any atom is 0.188 e. The van der Waals surface area contributed by atoms with Gasteiger partial charge in [0, 0.05) is 6.42 Å². The molecule has 2 aliphatic rings. The van der Waals surface area contributed by atoms with Crippen LogP contribution in [0.3, 0.4) is 0 Å². The topological polar surface area (TPSA) is 18.5 Å². The van der Waals surface area contributed by atoms with Gasteiger partial charge < -0.3 is 9.47 Å². The summed E-state index contributed by atoms with van der Waals surface area (Å²) in [5, 5.41) is 0. The maximum atomic E-state index is 12.3. The molecule has 0 aromatic heterocycles. The molecule has 2 nitrogen and oxygen atoms in total. The Bertz CT molecular complexity index is 195. The minimum Gasteiger partial charge on any atom is -0.344 e. The Hall–Kier alpha value is -0.410. The lowest BCUT2D eigenvalue weighted by Crippen LogP contribution is -2.30. The highest BCUT2D eigenvalue weighted by Crippen LogP contribution is 2.33. The van der Waals surface area contributed by atoms with Crippen molar-refractivity contribution in [1.82, 2.24) is 0 Å². The van der Waals surface area contributed by atoms with E-state index in [0.29, 0.717) is 13.2 Å². The summed E-state index contributed by atoms with van der Waals surface area (Å²) in [5.41, 5.74) is 0.822. The zero-order valence-corrected chi connectivity index (χ0v) is 7.01. The first-order valence-corrected chi connectivity index (χ1v) is 4.39. The van der Waals surface area contributed by atoms with E-state index in [0.717, 1.165) is 24.8 Å². The van der Waals surface area contributed by atoms with Gasteiger partial charge in [-0.3, -0.25) is 0 Å². The van der Waals surface area contributed by atoms with Gasteiger partial charge in [-0.15, -0.1) is 0 Å². The molecule has 0 atom stereocenters. The molecular formula is C9H13FO2. The molecule has 1 fully saturated rings. The fraction of sp³-hybridized carbons (Fsp3) is 0.778. The van der Waals surface area contributed by atoms with Gasteiger partial charge in [-0.2, -0.15) is 0 Å². The maximum absolute atomic E-state index is 12.3. The monoisotopic (exact) mass is 172 g/mol. The molecule has 0 bridgehead atoms. The van der Waals surface area contributed by atoms with Crippen LogP contribution in [0.1, 0.15) is 19.3 Å². The largest absolute Gasteiger partial charge is 0.344 e. The average molecular weight is 172 g/mol. The van der Waals surface area contributed by atoms with Gasteiger partial charge in [0.05, 0.1) is 13.2 Å². The van der Waals surface area contributed by atoms with Crippen LogP contribution in [0.25, 0.3) is 0 Å². The molecule has 0 amide bonds. The van der Waals surface area contributed by atoms with E-state index in [1.807, 2.05) is 6.08 Å². The van der Waals surface area contributed by atoms with Gasteiger partial charge in [0.2, 0.25) is 0 Å². The van der Waals surface area contributed by atoms with E-state index in [9.17, 15) is 4.39 Å². The van der Waals surface area contributed by atoms with Crippen molar-refractivity contribution in [3.05, 3.63) is 11.6 Å². The SMILES string of the molecule is FCC1=CC2(CCC1)OCCO2. The van der Waals surface area contributed by atoms with Gasteiger partial charge in [0.25, 0.3) is 0 Å². The van der Waals surface area contributed by atoms with E-state index in [1.54, 1.807) is 0 Å². The number of hydrogen-bond donors (Lipinski definition) is 0. The molecule has 0 radical (unpaired) electrons. The molecule has 1 aliphatic heterocycles. The summed E-state index contributed by atoms with van der Waals surface area (Å²) >= 11 is 0. The van der Waals surface area contributed by atoms with Gasteiger partial charge in [0.1, 0.15) is 6.67 Å². The number of halogens is 1. The molecule has 1 aliphatic carbocycles. The lowest BCUT2D eigenvalue weighted by Gasteiger charge is -2.28. The minimum absolute atomic E-state index is 0.367. The van der Waals surface area contributed by atoms with Crippen LogP contribution in [0, 0.1) is 0 Å². The lowest BCUT2D eigenvalue weighted by atomic mass is 9.95. The van der Waals surface area contributed by atoms with Crippen LogP contribution in [0.5, 0.6) is 0 Å². The van der Waals surface area contributed by atoms with Crippen LogP contribution in [-0.2, 0) is 9.47 Å². The second kappa shape index (κ2) is 3.15. The van der Waals surface area contributed by atoms with Gasteiger partial charge in [-0.1, -0.05) is 0 Å². The zero-order chi connectivity index (χ0) is 8.44. The summed E-state index contributed by atoms with van der Waals surface area (Å²) in [7, 11) is 0. The highest BCUT2D eigenvalue weighted by Gasteiger charge is 2.36. The van der Waals surface area contributed by atoms with Crippen LogP contribution >= 0.6 is 0 Å². The Labute approximate surface area is 71.4 Å². The number of ether oxygens (including phenoxy) is 2. The van der Waals surface area contributed by atoms with Crippen molar-refractivity contribution in [1.29, 1.82) is 0 Å². The summed E-state index contributed by atoms with van der Waals surface area (Å²) in [4.78, 5) is 0. The van der Waals surface area contributed by atoms with E-state index < -0.39 is 5.79 Å². The summed E-state index contributed by atoms with van der Waals surface area (Å²) in [6.07, 6.45) is 4.51. The molecule has 12 heavy (non-hydrogen) atoms. The van der Waals surface area contributed by atoms with Gasteiger partial charge >= 0.3 is 0 Å². The molecule has 2 rings (SSSR count). The van der Waals surface area contributed by atoms with Crippen molar-refractivity contribution in [2.24, 2.45) is 0 Å². The fourth-order valence-corrected chi connectivity index (χ4v) is 1.82. The van der Waals surface area contributed by atoms with Crippen molar-refractivity contribution in [3.8, 4) is 0 Å². The predicted octanol–water partition coefficient (Wildman–Crippen LogP) is 1.81. The highest BCUT2D eigenvalue weighted by molar-refractivity contribution is 5.13. The molecule has 0 aromatic carbocycles. The fourth-order valence-electron chi connectivity index (χ4n) is 1.82. The molecule has 68 valence electrons. The third-order valence-corrected chi connectivity index (χ3v) is 2.39. The molecule has 3 heteroatoms. The molecule has 1 spiro atoms. The second-order valence-electron chi connectivity index (χ2n) is 3.30. The highest BCUT2D eigenvalue weighted by atomic mass is 19.1. The Morgan fingerprint density at radius 2 is 2.17 bits per heavy atom. The van der Waals surface area contributed by atoms with Crippen molar-refractivity contribution in [2.75, 3.05) is 19.9 Å². The molecule has 0 N–H and O–H groups in total. The Kier molecular flexibility index (Phi) is 2.15. The smallest absolute Gasteiger partial charge is 0.188 e. The van der Waals surface area contributed by atoms with E-state index >= 15 is 0 Å². The molecule has 0 aromatic rings. The van der Waals surface area contributed by atoms with Crippen LogP contribution in [0.2, 0.25) is 0 Å². The summed E-state index contributed by atoms with van der Waals surface area (Å²) in [6, 6.07) is 0. The lowest BCUT2D eigenvalue weighted by molar-refractivity contribution is -0.125. The van der Waals surface area contributed by atoms with Gasteiger partial charge in [-0.05, 0) is 24.5 Å². The quantitative estimate of drug-likeness (QED) is 0.561. The summed E-state index contributed by atoms with van der Waals surface area (Å²) in [6.45, 7) is 0.903. The van der Waals surface area contributed by atoms with Crippen molar-refractivity contribution < 1.29 is 13.9 Å². The van der Waals surface area contributed by atoms with Crippen molar-refractivity contribution in [2.45, 2.75) is 25.0 Å². The Morgan fingerprint density at radius 3 is 2.83 bits per heavy atom. The second-order valence-corrected chi connectivity index (χ2v) is 3.30. The van der Waals surface area contributed by atoms with E-state index in [2.05, 4.69) is 0 Å². The molecule has 0 unspecified atom stereocenters. The van der Waals surface area contributed by atoms with Gasteiger partial charge in [-0.25, -0.2) is 4.39 Å². The van der Waals surface area contributed by atoms with Crippen molar-refractivity contribution in [3.63, 3.8) is 0 Å². The number of rotatable bonds is 1. The number of hydrogen-bond acceptors (Lipinski definition) is 2. The molecular weight excluding hydrogens is 159 g/mol. The molecule has 1 saturated heterocycles. The summed E-state index contributed by atoms with van der Waals surface area (Å²) < 4.78 is 23.2. The van der Waals surface area contributed by atoms with Crippen LogP contribution in [0.4, 0.5) is 4.39 Å². The van der Waals surface area contributed by atoms with Crippen LogP contribution < -0.4 is 0 Å². The van der Waals surface area contributed by atoms with E-state index in [4.69, 9.17) is 9.47 Å². The molecule has 0 saturated carbocycles. The van der Waals surface area contributed by atoms with E-state index in [1.165, 1.54) is 0 Å². The molecule has 1 heterocycles. The predicted molar refractivity (Wildman–Crippen MR) is 42.5 cm³/mol. The minimum atomic E-state index is -0.556. The normalized spacial score (nSPS) is 27.6. The van der Waals surface area contributed by atoms with Crippen molar-refractivity contribution >= 4 is 0 Å². The third kappa shape index (κ3) is 1.39. The summed E-state index contributed by atoms with van der Waals surface area (Å²) in [5.74, 6) is -0.556. The number of alkyl halides is 1. The van der Waals surface area contributed by atoms with Crippen LogP contribution in [0.15, 0.2) is 11.6 Å². The first-order valence-electron chi connectivity index (χ1n) is 4.39. The number of allylic oxidation sites excluding steroid dienone is 1. The first-order chi connectivity index (χ1) is 5.85. The first kappa shape index (κ1) is 8.20. The Balaban J connectivity index is 2.14. The zero-order valence-electron chi connectivity index (χ0n) is 7.01. The standard InChI is InChI=1S/C9H13FO2/c10-7-8-2-1-3-9(6-8)11-4-5-12-9/h6H,1-5,7H2. The van der Waals surface area contributed by atoms with Crippen LogP contribution in [-0.4, -0.2) is 25.7 Å². The average Bonchev–Trinajstić information content (AvgIpc) is 2.53. The Morgan fingerprint density at radius 1 is 1.42 bits per heavy atom. The van der Waals surface area contributed by atoms with Gasteiger partial charge in [0.15, 0.2) is 5.79 Å². The van der Waals surface area contributed by atoms with E-state index in [-0.39, 0.29) is 6.67 Å². The third-order valence-electron chi connectivity index (χ3n) is 2.39.